The molecule has 0 N–H and O–H groups in total. The number of esters is 1. The van der Waals surface area contributed by atoms with Crippen LogP contribution in [0.4, 0.5) is 0 Å². The lowest BCUT2D eigenvalue weighted by molar-refractivity contribution is -0.175. The van der Waals surface area contributed by atoms with E-state index in [1.54, 1.807) is 0 Å². The SMILES string of the molecule is CCCCCCCCOC(=O)C1(C2(CCCCC)CCC(C3CCCCC3)CC2)CCCCC1. The van der Waals surface area contributed by atoms with Gasteiger partial charge < -0.3 is 4.74 Å². The Bertz CT molecular complexity index is 547. The topological polar surface area (TPSA) is 26.3 Å². The maximum Gasteiger partial charge on any atom is 0.312 e. The van der Waals surface area contributed by atoms with E-state index in [0.717, 1.165) is 31.1 Å². The van der Waals surface area contributed by atoms with E-state index in [0.29, 0.717) is 6.61 Å². The molecule has 0 radical (unpaired) electrons. The molecule has 0 amide bonds. The zero-order valence-corrected chi connectivity index (χ0v) is 23.1. The van der Waals surface area contributed by atoms with Crippen molar-refractivity contribution in [2.24, 2.45) is 22.7 Å². The van der Waals surface area contributed by atoms with Crippen LogP contribution in [0.2, 0.25) is 0 Å². The van der Waals surface area contributed by atoms with Crippen molar-refractivity contribution >= 4 is 5.97 Å². The monoisotopic (exact) mass is 474 g/mol. The number of unbranched alkanes of at least 4 members (excludes halogenated alkanes) is 7. The number of hydrogen-bond donors (Lipinski definition) is 0. The van der Waals surface area contributed by atoms with Gasteiger partial charge in [0.2, 0.25) is 0 Å². The fourth-order valence-corrected chi connectivity index (χ4v) is 8.24. The third-order valence-electron chi connectivity index (χ3n) is 10.4. The van der Waals surface area contributed by atoms with Gasteiger partial charge in [-0.2, -0.15) is 0 Å². The third kappa shape index (κ3) is 7.25. The lowest BCUT2D eigenvalue weighted by Gasteiger charge is -2.55. The number of ether oxygens (including phenoxy) is 1. The Morgan fingerprint density at radius 2 is 1.21 bits per heavy atom. The standard InChI is InChI=1S/C32H58O2/c1-3-5-7-8-9-17-27-34-30(33)32(23-15-11-16-24-32)31(22-14-6-4-2)25-20-29(21-26-31)28-18-12-10-13-19-28/h28-29H,3-27H2,1-2H3. The molecule has 3 saturated carbocycles. The van der Waals surface area contributed by atoms with Gasteiger partial charge in [-0.05, 0) is 68.6 Å². The van der Waals surface area contributed by atoms with E-state index in [2.05, 4.69) is 13.8 Å². The molecule has 34 heavy (non-hydrogen) atoms. The van der Waals surface area contributed by atoms with Crippen LogP contribution in [0.5, 0.6) is 0 Å². The van der Waals surface area contributed by atoms with Crippen LogP contribution in [-0.2, 0) is 9.53 Å². The van der Waals surface area contributed by atoms with E-state index in [4.69, 9.17) is 4.74 Å². The van der Waals surface area contributed by atoms with Crippen LogP contribution >= 0.6 is 0 Å². The number of hydrogen-bond acceptors (Lipinski definition) is 2. The van der Waals surface area contributed by atoms with Crippen molar-refractivity contribution in [1.82, 2.24) is 0 Å². The molecule has 3 aliphatic rings. The van der Waals surface area contributed by atoms with Gasteiger partial charge in [0.1, 0.15) is 0 Å². The molecular formula is C32H58O2. The second-order valence-electron chi connectivity index (χ2n) is 12.5. The summed E-state index contributed by atoms with van der Waals surface area (Å²) in [5, 5.41) is 0. The van der Waals surface area contributed by atoms with Crippen LogP contribution in [0.25, 0.3) is 0 Å². The Kier molecular flexibility index (Phi) is 12.3. The highest BCUT2D eigenvalue weighted by Gasteiger charge is 2.57. The molecule has 0 unspecified atom stereocenters. The Labute approximate surface area is 212 Å². The molecule has 0 heterocycles. The second kappa shape index (κ2) is 14.9. The highest BCUT2D eigenvalue weighted by atomic mass is 16.5. The minimum atomic E-state index is -0.182. The van der Waals surface area contributed by atoms with Crippen LogP contribution in [0.15, 0.2) is 0 Å². The Balaban J connectivity index is 1.66. The van der Waals surface area contributed by atoms with Gasteiger partial charge >= 0.3 is 5.97 Å². The summed E-state index contributed by atoms with van der Waals surface area (Å²) >= 11 is 0. The fraction of sp³-hybridized carbons (Fsp3) is 0.969. The smallest absolute Gasteiger partial charge is 0.312 e. The van der Waals surface area contributed by atoms with Gasteiger partial charge in [-0.1, -0.05) is 117 Å². The highest BCUT2D eigenvalue weighted by molar-refractivity contribution is 5.78. The van der Waals surface area contributed by atoms with Gasteiger partial charge in [0.05, 0.1) is 12.0 Å². The van der Waals surface area contributed by atoms with E-state index in [1.807, 2.05) is 0 Å². The summed E-state index contributed by atoms with van der Waals surface area (Å²) in [5.41, 5.74) is 0.0324. The third-order valence-corrected chi connectivity index (χ3v) is 10.4. The van der Waals surface area contributed by atoms with Crippen molar-refractivity contribution in [3.8, 4) is 0 Å². The second-order valence-corrected chi connectivity index (χ2v) is 12.5. The molecule has 0 saturated heterocycles. The molecule has 198 valence electrons. The first-order chi connectivity index (χ1) is 16.7. The van der Waals surface area contributed by atoms with Crippen LogP contribution in [0.3, 0.4) is 0 Å². The summed E-state index contributed by atoms with van der Waals surface area (Å²) < 4.78 is 6.18. The lowest BCUT2D eigenvalue weighted by atomic mass is 9.49. The van der Waals surface area contributed by atoms with Crippen molar-refractivity contribution < 1.29 is 9.53 Å². The first-order valence-electron chi connectivity index (χ1n) is 15.8. The number of carbonyl (C=O) groups is 1. The van der Waals surface area contributed by atoms with E-state index in [9.17, 15) is 4.79 Å². The van der Waals surface area contributed by atoms with E-state index >= 15 is 0 Å². The summed E-state index contributed by atoms with van der Waals surface area (Å²) in [6.07, 6.45) is 31.3. The summed E-state index contributed by atoms with van der Waals surface area (Å²) in [6.45, 7) is 5.24. The highest BCUT2D eigenvalue weighted by Crippen LogP contribution is 2.61. The number of carbonyl (C=O) groups excluding carboxylic acids is 1. The average molecular weight is 475 g/mol. The largest absolute Gasteiger partial charge is 0.465 e. The van der Waals surface area contributed by atoms with E-state index in [-0.39, 0.29) is 16.8 Å². The average Bonchev–Trinajstić information content (AvgIpc) is 2.89. The first-order valence-corrected chi connectivity index (χ1v) is 15.8. The maximum atomic E-state index is 14.0. The van der Waals surface area contributed by atoms with Crippen LogP contribution < -0.4 is 0 Å². The maximum absolute atomic E-state index is 14.0. The van der Waals surface area contributed by atoms with Crippen LogP contribution in [0, 0.1) is 22.7 Å². The molecule has 0 atom stereocenters. The zero-order valence-electron chi connectivity index (χ0n) is 23.1. The molecular weight excluding hydrogens is 416 g/mol. The van der Waals surface area contributed by atoms with Crippen molar-refractivity contribution in [3.05, 3.63) is 0 Å². The minimum absolute atomic E-state index is 0.182. The first kappa shape index (κ1) is 28.0. The fourth-order valence-electron chi connectivity index (χ4n) is 8.24. The molecule has 2 nitrogen and oxygen atoms in total. The summed E-state index contributed by atoms with van der Waals surface area (Å²) in [5.74, 6) is 2.12. The molecule has 0 aliphatic heterocycles. The van der Waals surface area contributed by atoms with Gasteiger partial charge in [-0.25, -0.2) is 0 Å². The summed E-state index contributed by atoms with van der Waals surface area (Å²) in [4.78, 5) is 14.0. The molecule has 2 heteroatoms. The Hall–Kier alpha value is -0.530. The van der Waals surface area contributed by atoms with E-state index in [1.165, 1.54) is 135 Å². The van der Waals surface area contributed by atoms with Crippen molar-refractivity contribution in [2.45, 2.75) is 168 Å². The number of rotatable bonds is 14. The zero-order chi connectivity index (χ0) is 24.1. The Morgan fingerprint density at radius 3 is 1.88 bits per heavy atom. The van der Waals surface area contributed by atoms with Crippen LogP contribution in [0.1, 0.15) is 168 Å². The molecule has 0 aromatic rings. The quantitative estimate of drug-likeness (QED) is 0.185. The van der Waals surface area contributed by atoms with Gasteiger partial charge in [-0.15, -0.1) is 0 Å². The minimum Gasteiger partial charge on any atom is -0.465 e. The van der Waals surface area contributed by atoms with Crippen molar-refractivity contribution in [1.29, 1.82) is 0 Å². The molecule has 3 rings (SSSR count). The molecule has 0 bridgehead atoms. The molecule has 0 spiro atoms. The molecule has 3 fully saturated rings. The normalized spacial score (nSPS) is 28.0. The lowest BCUT2D eigenvalue weighted by Crippen LogP contribution is -2.52. The van der Waals surface area contributed by atoms with E-state index < -0.39 is 0 Å². The molecule has 3 aliphatic carbocycles. The summed E-state index contributed by atoms with van der Waals surface area (Å²) in [6, 6.07) is 0. The van der Waals surface area contributed by atoms with Gasteiger partial charge in [0.15, 0.2) is 0 Å². The van der Waals surface area contributed by atoms with Crippen molar-refractivity contribution in [2.75, 3.05) is 6.61 Å². The predicted molar refractivity (Wildman–Crippen MR) is 145 cm³/mol. The molecule has 0 aromatic heterocycles. The predicted octanol–water partition coefficient (Wildman–Crippen LogP) is 10.2. The Morgan fingerprint density at radius 1 is 0.647 bits per heavy atom. The van der Waals surface area contributed by atoms with Gasteiger partial charge in [0.25, 0.3) is 0 Å². The van der Waals surface area contributed by atoms with Gasteiger partial charge in [0, 0.05) is 0 Å². The van der Waals surface area contributed by atoms with Crippen molar-refractivity contribution in [3.63, 3.8) is 0 Å². The van der Waals surface area contributed by atoms with Gasteiger partial charge in [-0.3, -0.25) is 4.79 Å². The summed E-state index contributed by atoms with van der Waals surface area (Å²) in [7, 11) is 0. The molecule has 0 aromatic carbocycles. The van der Waals surface area contributed by atoms with Crippen LogP contribution in [-0.4, -0.2) is 12.6 Å².